The van der Waals surface area contributed by atoms with Gasteiger partial charge in [0.05, 0.1) is 18.7 Å². The van der Waals surface area contributed by atoms with Gasteiger partial charge in [-0.25, -0.2) is 0 Å². The van der Waals surface area contributed by atoms with E-state index in [-0.39, 0.29) is 17.7 Å². The monoisotopic (exact) mass is 316 g/mol. The van der Waals surface area contributed by atoms with Gasteiger partial charge in [0.1, 0.15) is 5.75 Å². The predicted molar refractivity (Wildman–Crippen MR) is 88.4 cm³/mol. The van der Waals surface area contributed by atoms with Gasteiger partial charge in [-0.15, -0.1) is 0 Å². The van der Waals surface area contributed by atoms with E-state index in [0.29, 0.717) is 19.6 Å². The van der Waals surface area contributed by atoms with Gasteiger partial charge < -0.3 is 15.0 Å². The zero-order chi connectivity index (χ0) is 16.2. The third-order valence-electron chi connectivity index (χ3n) is 4.78. The molecule has 5 nitrogen and oxygen atoms in total. The van der Waals surface area contributed by atoms with E-state index in [1.165, 1.54) is 6.42 Å². The molecule has 124 valence electrons. The minimum Gasteiger partial charge on any atom is -0.491 e. The smallest absolute Gasteiger partial charge is 0.230 e. The molecule has 1 aromatic rings. The van der Waals surface area contributed by atoms with Crippen LogP contribution >= 0.6 is 0 Å². The minimum absolute atomic E-state index is 0.0483. The third kappa shape index (κ3) is 3.66. The molecule has 1 saturated carbocycles. The molecule has 2 amide bonds. The van der Waals surface area contributed by atoms with Crippen molar-refractivity contribution in [3.8, 4) is 5.75 Å². The summed E-state index contributed by atoms with van der Waals surface area (Å²) in [6.07, 6.45) is 5.94. The molecule has 5 heteroatoms. The van der Waals surface area contributed by atoms with Crippen molar-refractivity contribution in [3.05, 3.63) is 23.8 Å². The van der Waals surface area contributed by atoms with Crippen LogP contribution in [0.15, 0.2) is 18.2 Å². The highest BCUT2D eigenvalue weighted by atomic mass is 16.5. The van der Waals surface area contributed by atoms with Gasteiger partial charge in [0.25, 0.3) is 0 Å². The summed E-state index contributed by atoms with van der Waals surface area (Å²) in [4.78, 5) is 25.8. The Morgan fingerprint density at radius 2 is 2.09 bits per heavy atom. The number of rotatable bonds is 3. The molecule has 3 rings (SSSR count). The normalized spacial score (nSPS) is 18.8. The number of fused-ring (bicyclic) bond motifs is 1. The molecule has 0 radical (unpaired) electrons. The molecule has 0 saturated heterocycles. The van der Waals surface area contributed by atoms with Crippen LogP contribution in [0.4, 0.5) is 5.69 Å². The summed E-state index contributed by atoms with van der Waals surface area (Å²) in [5, 5.41) is 3.03. The van der Waals surface area contributed by atoms with Crippen LogP contribution in [0.5, 0.6) is 5.75 Å². The van der Waals surface area contributed by atoms with Crippen molar-refractivity contribution in [2.45, 2.75) is 45.1 Å². The van der Waals surface area contributed by atoms with Gasteiger partial charge in [-0.3, -0.25) is 9.59 Å². The van der Waals surface area contributed by atoms with Gasteiger partial charge in [0.2, 0.25) is 11.8 Å². The van der Waals surface area contributed by atoms with E-state index in [1.807, 2.05) is 18.2 Å². The van der Waals surface area contributed by atoms with Crippen molar-refractivity contribution >= 4 is 17.5 Å². The van der Waals surface area contributed by atoms with Crippen LogP contribution in [-0.4, -0.2) is 25.5 Å². The van der Waals surface area contributed by atoms with Crippen molar-refractivity contribution in [2.24, 2.45) is 5.92 Å². The summed E-state index contributed by atoms with van der Waals surface area (Å²) in [5.41, 5.74) is 1.76. The highest BCUT2D eigenvalue weighted by molar-refractivity contribution is 5.95. The molecular formula is C18H24N2O3. The van der Waals surface area contributed by atoms with Crippen molar-refractivity contribution in [1.82, 2.24) is 5.32 Å². The van der Waals surface area contributed by atoms with Crippen molar-refractivity contribution in [2.75, 3.05) is 18.6 Å². The quantitative estimate of drug-likeness (QED) is 0.932. The number of amides is 2. The Balaban J connectivity index is 1.66. The van der Waals surface area contributed by atoms with Gasteiger partial charge in [-0.05, 0) is 30.5 Å². The zero-order valence-electron chi connectivity index (χ0n) is 13.6. The van der Waals surface area contributed by atoms with Crippen molar-refractivity contribution < 1.29 is 14.3 Å². The fraction of sp³-hybridized carbons (Fsp3) is 0.556. The summed E-state index contributed by atoms with van der Waals surface area (Å²) in [6, 6.07) is 5.76. The highest BCUT2D eigenvalue weighted by Gasteiger charge is 2.22. The number of carbonyl (C=O) groups is 2. The second-order valence-electron chi connectivity index (χ2n) is 6.41. The number of hydrogen-bond acceptors (Lipinski definition) is 3. The van der Waals surface area contributed by atoms with Crippen molar-refractivity contribution in [1.29, 1.82) is 0 Å². The Hall–Kier alpha value is -2.04. The Morgan fingerprint density at radius 3 is 2.87 bits per heavy atom. The molecule has 1 heterocycles. The molecule has 0 bridgehead atoms. The van der Waals surface area contributed by atoms with E-state index in [4.69, 9.17) is 4.74 Å². The molecule has 0 aromatic heterocycles. The second kappa shape index (κ2) is 7.02. The summed E-state index contributed by atoms with van der Waals surface area (Å²) in [7, 11) is 1.76. The first-order chi connectivity index (χ1) is 11.1. The zero-order valence-corrected chi connectivity index (χ0v) is 13.6. The van der Waals surface area contributed by atoms with Gasteiger partial charge >= 0.3 is 0 Å². The molecule has 1 aliphatic heterocycles. The molecular weight excluding hydrogens is 292 g/mol. The van der Waals surface area contributed by atoms with Gasteiger partial charge in [-0.2, -0.15) is 0 Å². The third-order valence-corrected chi connectivity index (χ3v) is 4.78. The van der Waals surface area contributed by atoms with E-state index >= 15 is 0 Å². The molecule has 0 unspecified atom stereocenters. The summed E-state index contributed by atoms with van der Waals surface area (Å²) in [6.45, 7) is 0.901. The first-order valence-electron chi connectivity index (χ1n) is 8.45. The second-order valence-corrected chi connectivity index (χ2v) is 6.41. The molecule has 0 atom stereocenters. The molecule has 1 aromatic carbocycles. The topological polar surface area (TPSA) is 58.6 Å². The van der Waals surface area contributed by atoms with Crippen LogP contribution in [0.25, 0.3) is 0 Å². The maximum Gasteiger partial charge on any atom is 0.230 e. The molecule has 1 N–H and O–H groups in total. The number of benzene rings is 1. The molecule has 1 aliphatic carbocycles. The first-order valence-corrected chi connectivity index (χ1v) is 8.45. The lowest BCUT2D eigenvalue weighted by Crippen LogP contribution is -2.31. The van der Waals surface area contributed by atoms with Gasteiger partial charge in [0, 0.05) is 19.5 Å². The Morgan fingerprint density at radius 1 is 1.30 bits per heavy atom. The van der Waals surface area contributed by atoms with Gasteiger partial charge in [-0.1, -0.05) is 25.3 Å². The lowest BCUT2D eigenvalue weighted by atomic mass is 9.88. The first kappa shape index (κ1) is 15.8. The van der Waals surface area contributed by atoms with E-state index in [9.17, 15) is 9.59 Å². The van der Waals surface area contributed by atoms with Crippen LogP contribution in [-0.2, 0) is 16.1 Å². The lowest BCUT2D eigenvalue weighted by Gasteiger charge is -2.21. The SMILES string of the molecule is CN1C(=O)CCOc2ccc(CNC(=O)C3CCCCC3)cc21. The van der Waals surface area contributed by atoms with E-state index in [0.717, 1.165) is 42.7 Å². The Labute approximate surface area is 137 Å². The summed E-state index contributed by atoms with van der Waals surface area (Å²) in [5.74, 6) is 1.09. The van der Waals surface area contributed by atoms with Crippen LogP contribution < -0.4 is 15.0 Å². The summed E-state index contributed by atoms with van der Waals surface area (Å²) < 4.78 is 5.62. The summed E-state index contributed by atoms with van der Waals surface area (Å²) >= 11 is 0. The minimum atomic E-state index is 0.0483. The average Bonchev–Trinajstić information content (AvgIpc) is 2.73. The maximum absolute atomic E-state index is 12.2. The maximum atomic E-state index is 12.2. The largest absolute Gasteiger partial charge is 0.491 e. The number of nitrogens with one attached hydrogen (secondary N) is 1. The number of anilines is 1. The Kier molecular flexibility index (Phi) is 4.84. The lowest BCUT2D eigenvalue weighted by molar-refractivity contribution is -0.126. The van der Waals surface area contributed by atoms with Crippen LogP contribution in [0.2, 0.25) is 0 Å². The molecule has 1 fully saturated rings. The van der Waals surface area contributed by atoms with Crippen LogP contribution in [0.3, 0.4) is 0 Å². The standard InChI is InChI=1S/C18H24N2O3/c1-20-15-11-13(7-8-16(15)23-10-9-17(20)21)12-19-18(22)14-5-3-2-4-6-14/h7-8,11,14H,2-6,9-10,12H2,1H3,(H,19,22). The van der Waals surface area contributed by atoms with Gasteiger partial charge in [0.15, 0.2) is 0 Å². The van der Waals surface area contributed by atoms with Crippen LogP contribution in [0, 0.1) is 5.92 Å². The molecule has 0 spiro atoms. The van der Waals surface area contributed by atoms with E-state index in [1.54, 1.807) is 11.9 Å². The fourth-order valence-corrected chi connectivity index (χ4v) is 3.31. The molecule has 2 aliphatic rings. The van der Waals surface area contributed by atoms with Crippen molar-refractivity contribution in [3.63, 3.8) is 0 Å². The highest BCUT2D eigenvalue weighted by Crippen LogP contribution is 2.31. The average molecular weight is 316 g/mol. The molecule has 23 heavy (non-hydrogen) atoms. The number of carbonyl (C=O) groups excluding carboxylic acids is 2. The number of nitrogens with zero attached hydrogens (tertiary/aromatic N) is 1. The van der Waals surface area contributed by atoms with E-state index in [2.05, 4.69) is 5.32 Å². The number of ether oxygens (including phenoxy) is 1. The predicted octanol–water partition coefficient (Wildman–Crippen LogP) is 2.63. The Bertz CT molecular complexity index is 594. The fourth-order valence-electron chi connectivity index (χ4n) is 3.31. The van der Waals surface area contributed by atoms with E-state index < -0.39 is 0 Å². The van der Waals surface area contributed by atoms with Crippen LogP contribution in [0.1, 0.15) is 44.1 Å². The number of hydrogen-bond donors (Lipinski definition) is 1.